The van der Waals surface area contributed by atoms with E-state index in [-0.39, 0.29) is 11.6 Å². The van der Waals surface area contributed by atoms with E-state index in [2.05, 4.69) is 5.32 Å². The van der Waals surface area contributed by atoms with Gasteiger partial charge in [-0.2, -0.15) is 0 Å². The van der Waals surface area contributed by atoms with Crippen molar-refractivity contribution in [3.05, 3.63) is 29.3 Å². The largest absolute Gasteiger partial charge is 0.478 e. The third kappa shape index (κ3) is 3.08. The van der Waals surface area contributed by atoms with Crippen molar-refractivity contribution in [2.45, 2.75) is 13.3 Å². The molecule has 108 valence electrons. The smallest absolute Gasteiger partial charge is 0.335 e. The summed E-state index contributed by atoms with van der Waals surface area (Å²) in [6.45, 7) is 3.75. The maximum atomic E-state index is 12.1. The average molecular weight is 277 g/mol. The van der Waals surface area contributed by atoms with Crippen molar-refractivity contribution in [3.8, 4) is 0 Å². The summed E-state index contributed by atoms with van der Waals surface area (Å²) in [6.07, 6.45) is 0.931. The molecule has 1 aromatic carbocycles. The Bertz CT molecular complexity index is 530. The van der Waals surface area contributed by atoms with Crippen LogP contribution in [0.5, 0.6) is 0 Å². The highest BCUT2D eigenvalue weighted by Crippen LogP contribution is 2.20. The van der Waals surface area contributed by atoms with Crippen LogP contribution in [0.15, 0.2) is 18.2 Å². The third-order valence-electron chi connectivity index (χ3n) is 3.62. The van der Waals surface area contributed by atoms with E-state index < -0.39 is 5.97 Å². The molecular weight excluding hydrogens is 258 g/mol. The van der Waals surface area contributed by atoms with E-state index >= 15 is 0 Å². The predicted octanol–water partition coefficient (Wildman–Crippen LogP) is 1.51. The molecule has 0 aromatic heterocycles. The normalized spacial score (nSPS) is 18.1. The molecule has 2 rings (SSSR count). The molecule has 1 fully saturated rings. The quantitative estimate of drug-likeness (QED) is 0.780. The number of anilines is 1. The van der Waals surface area contributed by atoms with Crippen LogP contribution in [0, 0.1) is 12.8 Å². The third-order valence-corrected chi connectivity index (χ3v) is 3.62. The first-order chi connectivity index (χ1) is 9.51. The van der Waals surface area contributed by atoms with E-state index in [9.17, 15) is 9.59 Å². The van der Waals surface area contributed by atoms with Crippen LogP contribution in [0.1, 0.15) is 22.3 Å². The minimum atomic E-state index is -0.976. The second-order valence-corrected chi connectivity index (χ2v) is 5.10. The Morgan fingerprint density at radius 1 is 1.50 bits per heavy atom. The second-order valence-electron chi connectivity index (χ2n) is 5.10. The number of carboxylic acids is 1. The first-order valence-electron chi connectivity index (χ1n) is 6.61. The number of likely N-dealkylation sites (tertiary alicyclic amines) is 1. The van der Waals surface area contributed by atoms with Crippen molar-refractivity contribution in [1.82, 2.24) is 4.90 Å². The lowest BCUT2D eigenvalue weighted by Crippen LogP contribution is -2.33. The Balaban J connectivity index is 2.03. The van der Waals surface area contributed by atoms with Crippen molar-refractivity contribution in [2.75, 3.05) is 25.0 Å². The van der Waals surface area contributed by atoms with E-state index in [1.54, 1.807) is 24.0 Å². The van der Waals surface area contributed by atoms with Crippen LogP contribution in [-0.2, 0) is 0 Å². The van der Waals surface area contributed by atoms with Gasteiger partial charge < -0.3 is 21.1 Å². The molecule has 6 heteroatoms. The lowest BCUT2D eigenvalue weighted by atomic mass is 10.1. The monoisotopic (exact) mass is 277 g/mol. The van der Waals surface area contributed by atoms with Crippen molar-refractivity contribution < 1.29 is 14.7 Å². The van der Waals surface area contributed by atoms with Crippen molar-refractivity contribution in [3.63, 3.8) is 0 Å². The molecule has 0 spiro atoms. The van der Waals surface area contributed by atoms with Gasteiger partial charge in [-0.15, -0.1) is 0 Å². The van der Waals surface area contributed by atoms with Gasteiger partial charge in [-0.3, -0.25) is 0 Å². The Morgan fingerprint density at radius 2 is 2.25 bits per heavy atom. The number of carbonyl (C=O) groups is 2. The number of nitrogens with one attached hydrogen (secondary N) is 1. The Labute approximate surface area is 117 Å². The summed E-state index contributed by atoms with van der Waals surface area (Å²) in [5, 5.41) is 11.7. The number of rotatable bonds is 3. The van der Waals surface area contributed by atoms with Gasteiger partial charge in [0.05, 0.1) is 5.56 Å². The zero-order valence-electron chi connectivity index (χ0n) is 11.4. The number of urea groups is 1. The van der Waals surface area contributed by atoms with Crippen LogP contribution in [0.4, 0.5) is 10.5 Å². The molecule has 0 bridgehead atoms. The Kier molecular flexibility index (Phi) is 4.24. The number of aryl methyl sites for hydroxylation is 1. The van der Waals surface area contributed by atoms with Crippen LogP contribution >= 0.6 is 0 Å². The van der Waals surface area contributed by atoms with Crippen molar-refractivity contribution >= 4 is 17.7 Å². The van der Waals surface area contributed by atoms with Gasteiger partial charge in [0.15, 0.2) is 0 Å². The Hall–Kier alpha value is -2.08. The van der Waals surface area contributed by atoms with Crippen LogP contribution in [0.25, 0.3) is 0 Å². The number of carbonyl (C=O) groups excluding carboxylic acids is 1. The van der Waals surface area contributed by atoms with Crippen LogP contribution in [0.3, 0.4) is 0 Å². The van der Waals surface area contributed by atoms with Gasteiger partial charge in [-0.25, -0.2) is 9.59 Å². The van der Waals surface area contributed by atoms with Crippen molar-refractivity contribution in [1.29, 1.82) is 0 Å². The highest BCUT2D eigenvalue weighted by atomic mass is 16.4. The predicted molar refractivity (Wildman–Crippen MR) is 75.9 cm³/mol. The van der Waals surface area contributed by atoms with Crippen LogP contribution in [0.2, 0.25) is 0 Å². The number of hydrogen-bond donors (Lipinski definition) is 3. The van der Waals surface area contributed by atoms with Crippen LogP contribution in [-0.4, -0.2) is 41.6 Å². The molecule has 1 unspecified atom stereocenters. The molecule has 1 aliphatic rings. The van der Waals surface area contributed by atoms with Crippen LogP contribution < -0.4 is 11.1 Å². The fraction of sp³-hybridized carbons (Fsp3) is 0.429. The molecule has 1 aromatic rings. The van der Waals surface area contributed by atoms with E-state index in [0.717, 1.165) is 12.0 Å². The van der Waals surface area contributed by atoms with E-state index in [0.29, 0.717) is 31.2 Å². The summed E-state index contributed by atoms with van der Waals surface area (Å²) in [6, 6.07) is 4.49. The topological polar surface area (TPSA) is 95.7 Å². The summed E-state index contributed by atoms with van der Waals surface area (Å²) in [7, 11) is 0. The molecule has 2 amide bonds. The first-order valence-corrected chi connectivity index (χ1v) is 6.61. The zero-order valence-corrected chi connectivity index (χ0v) is 11.4. The van der Waals surface area contributed by atoms with Gasteiger partial charge in [0.25, 0.3) is 0 Å². The van der Waals surface area contributed by atoms with Gasteiger partial charge in [0.2, 0.25) is 0 Å². The second kappa shape index (κ2) is 5.92. The number of hydrogen-bond acceptors (Lipinski definition) is 3. The summed E-state index contributed by atoms with van der Waals surface area (Å²) in [4.78, 5) is 24.7. The fourth-order valence-electron chi connectivity index (χ4n) is 2.34. The number of amides is 2. The fourth-order valence-corrected chi connectivity index (χ4v) is 2.34. The molecule has 4 N–H and O–H groups in total. The molecule has 1 aliphatic heterocycles. The molecule has 1 atom stereocenters. The Morgan fingerprint density at radius 3 is 2.80 bits per heavy atom. The first kappa shape index (κ1) is 14.3. The van der Waals surface area contributed by atoms with Gasteiger partial charge in [0, 0.05) is 18.8 Å². The SMILES string of the molecule is Cc1cc(C(=O)O)ccc1NC(=O)N1CCC(CN)C1. The molecule has 6 nitrogen and oxygen atoms in total. The lowest BCUT2D eigenvalue weighted by Gasteiger charge is -2.18. The van der Waals surface area contributed by atoms with Gasteiger partial charge in [-0.1, -0.05) is 0 Å². The van der Waals surface area contributed by atoms with Gasteiger partial charge >= 0.3 is 12.0 Å². The maximum absolute atomic E-state index is 12.1. The van der Waals surface area contributed by atoms with E-state index in [1.165, 1.54) is 6.07 Å². The van der Waals surface area contributed by atoms with Crippen molar-refractivity contribution in [2.24, 2.45) is 11.7 Å². The maximum Gasteiger partial charge on any atom is 0.335 e. The highest BCUT2D eigenvalue weighted by molar-refractivity contribution is 5.92. The van der Waals surface area contributed by atoms with E-state index in [1.807, 2.05) is 0 Å². The number of benzene rings is 1. The number of nitrogens with two attached hydrogens (primary N) is 1. The average Bonchev–Trinajstić information content (AvgIpc) is 2.89. The minimum absolute atomic E-state index is 0.160. The number of aromatic carboxylic acids is 1. The molecule has 0 radical (unpaired) electrons. The zero-order chi connectivity index (χ0) is 14.7. The number of carboxylic acid groups (broad SMARTS) is 1. The van der Waals surface area contributed by atoms with Gasteiger partial charge in [-0.05, 0) is 49.6 Å². The molecule has 20 heavy (non-hydrogen) atoms. The number of nitrogens with zero attached hydrogens (tertiary/aromatic N) is 1. The summed E-state index contributed by atoms with van der Waals surface area (Å²) >= 11 is 0. The molecular formula is C14H19N3O3. The molecule has 1 heterocycles. The van der Waals surface area contributed by atoms with E-state index in [4.69, 9.17) is 10.8 Å². The molecule has 0 aliphatic carbocycles. The minimum Gasteiger partial charge on any atom is -0.478 e. The standard InChI is InChI=1S/C14H19N3O3/c1-9-6-11(13(18)19)2-3-12(9)16-14(20)17-5-4-10(7-15)8-17/h2-3,6,10H,4-5,7-8,15H2,1H3,(H,16,20)(H,18,19). The summed E-state index contributed by atoms with van der Waals surface area (Å²) in [5.74, 6) is -0.604. The molecule has 0 saturated carbocycles. The highest BCUT2D eigenvalue weighted by Gasteiger charge is 2.25. The molecule has 1 saturated heterocycles. The summed E-state index contributed by atoms with van der Waals surface area (Å²) < 4.78 is 0. The van der Waals surface area contributed by atoms with Gasteiger partial charge in [0.1, 0.15) is 0 Å². The summed E-state index contributed by atoms with van der Waals surface area (Å²) in [5.41, 5.74) is 7.18. The lowest BCUT2D eigenvalue weighted by molar-refractivity contribution is 0.0697.